The van der Waals surface area contributed by atoms with E-state index in [-0.39, 0.29) is 5.91 Å². The number of allylic oxidation sites excluding steroid dienone is 1. The zero-order valence-electron chi connectivity index (χ0n) is 12.0. The van der Waals surface area contributed by atoms with Crippen molar-refractivity contribution in [3.63, 3.8) is 0 Å². The van der Waals surface area contributed by atoms with Gasteiger partial charge in [-0.15, -0.1) is 6.58 Å². The summed E-state index contributed by atoms with van der Waals surface area (Å²) < 4.78 is 5.44. The highest BCUT2D eigenvalue weighted by Crippen LogP contribution is 2.09. The van der Waals surface area contributed by atoms with Crippen molar-refractivity contribution >= 4 is 5.91 Å². The lowest BCUT2D eigenvalue weighted by Gasteiger charge is -2.22. The lowest BCUT2D eigenvalue weighted by atomic mass is 9.98. The largest absolute Gasteiger partial charge is 0.381 e. The summed E-state index contributed by atoms with van der Waals surface area (Å²) in [5, 5.41) is 6.33. The van der Waals surface area contributed by atoms with Crippen LogP contribution in [0, 0.1) is 5.92 Å². The molecule has 1 rings (SSSR count). The van der Waals surface area contributed by atoms with E-state index in [0.717, 1.165) is 45.5 Å². The average molecular weight is 268 g/mol. The molecule has 4 heteroatoms. The average Bonchev–Trinajstić information content (AvgIpc) is 2.45. The second-order valence-corrected chi connectivity index (χ2v) is 5.14. The molecule has 1 amide bonds. The van der Waals surface area contributed by atoms with Crippen molar-refractivity contribution in [2.24, 2.45) is 5.92 Å². The third kappa shape index (κ3) is 8.78. The molecule has 2 N–H and O–H groups in total. The predicted octanol–water partition coefficient (Wildman–Crippen LogP) is 1.87. The Hall–Kier alpha value is -0.870. The van der Waals surface area contributed by atoms with Crippen molar-refractivity contribution in [1.29, 1.82) is 0 Å². The molecule has 0 aliphatic carbocycles. The minimum Gasteiger partial charge on any atom is -0.381 e. The van der Waals surface area contributed by atoms with Crippen LogP contribution in [0.3, 0.4) is 0 Å². The van der Waals surface area contributed by atoms with E-state index in [9.17, 15) is 4.79 Å². The van der Waals surface area contributed by atoms with E-state index < -0.39 is 0 Å². The highest BCUT2D eigenvalue weighted by Gasteiger charge is 2.13. The van der Waals surface area contributed by atoms with E-state index >= 15 is 0 Å². The summed E-state index contributed by atoms with van der Waals surface area (Å²) in [4.78, 5) is 11.6. The molecule has 0 saturated carbocycles. The Labute approximate surface area is 117 Å². The van der Waals surface area contributed by atoms with E-state index in [1.807, 2.05) is 6.08 Å². The molecule has 1 aliphatic heterocycles. The van der Waals surface area contributed by atoms with Crippen molar-refractivity contribution < 1.29 is 9.53 Å². The molecule has 0 aromatic rings. The monoisotopic (exact) mass is 268 g/mol. The SMILES string of the molecule is C=CCCCCOCCC(=O)NCC1CCNCC1. The minimum atomic E-state index is 0.115. The van der Waals surface area contributed by atoms with E-state index in [1.165, 1.54) is 12.8 Å². The Balaban J connectivity index is 1.88. The van der Waals surface area contributed by atoms with Gasteiger partial charge in [0, 0.05) is 19.6 Å². The fourth-order valence-electron chi connectivity index (χ4n) is 2.19. The maximum Gasteiger partial charge on any atom is 0.222 e. The molecule has 1 aliphatic rings. The van der Waals surface area contributed by atoms with Crippen LogP contribution < -0.4 is 10.6 Å². The first kappa shape index (κ1) is 16.2. The van der Waals surface area contributed by atoms with Gasteiger partial charge in [-0.05, 0) is 51.1 Å². The van der Waals surface area contributed by atoms with Gasteiger partial charge in [-0.25, -0.2) is 0 Å². The van der Waals surface area contributed by atoms with Crippen LogP contribution in [0.15, 0.2) is 12.7 Å². The van der Waals surface area contributed by atoms with Crippen molar-refractivity contribution in [3.8, 4) is 0 Å². The number of piperidine rings is 1. The van der Waals surface area contributed by atoms with Crippen LogP contribution >= 0.6 is 0 Å². The number of nitrogens with one attached hydrogen (secondary N) is 2. The molecule has 1 heterocycles. The molecule has 0 aromatic carbocycles. The lowest BCUT2D eigenvalue weighted by Crippen LogP contribution is -2.36. The fourth-order valence-corrected chi connectivity index (χ4v) is 2.19. The molecule has 4 nitrogen and oxygen atoms in total. The number of amides is 1. The van der Waals surface area contributed by atoms with E-state index in [1.54, 1.807) is 0 Å². The highest BCUT2D eigenvalue weighted by molar-refractivity contribution is 5.75. The normalized spacial score (nSPS) is 16.2. The van der Waals surface area contributed by atoms with Crippen LogP contribution in [0.5, 0.6) is 0 Å². The lowest BCUT2D eigenvalue weighted by molar-refractivity contribution is -0.122. The van der Waals surface area contributed by atoms with Crippen molar-refractivity contribution in [3.05, 3.63) is 12.7 Å². The first-order chi connectivity index (χ1) is 9.33. The summed E-state index contributed by atoms with van der Waals surface area (Å²) in [5.41, 5.74) is 0. The zero-order valence-corrected chi connectivity index (χ0v) is 12.0. The molecular weight excluding hydrogens is 240 g/mol. The number of carbonyl (C=O) groups is 1. The van der Waals surface area contributed by atoms with E-state index in [4.69, 9.17) is 4.74 Å². The van der Waals surface area contributed by atoms with Crippen LogP contribution in [0.25, 0.3) is 0 Å². The first-order valence-corrected chi connectivity index (χ1v) is 7.49. The van der Waals surface area contributed by atoms with Gasteiger partial charge in [0.1, 0.15) is 0 Å². The number of hydrogen-bond acceptors (Lipinski definition) is 3. The summed E-state index contributed by atoms with van der Waals surface area (Å²) in [6, 6.07) is 0. The van der Waals surface area contributed by atoms with Crippen LogP contribution in [0.1, 0.15) is 38.5 Å². The quantitative estimate of drug-likeness (QED) is 0.470. The van der Waals surface area contributed by atoms with Crippen LogP contribution in [0.4, 0.5) is 0 Å². The molecule has 1 fully saturated rings. The van der Waals surface area contributed by atoms with Gasteiger partial charge >= 0.3 is 0 Å². The predicted molar refractivity (Wildman–Crippen MR) is 78.1 cm³/mol. The topological polar surface area (TPSA) is 50.4 Å². The number of carbonyl (C=O) groups excluding carboxylic acids is 1. The van der Waals surface area contributed by atoms with Crippen molar-refractivity contribution in [1.82, 2.24) is 10.6 Å². The molecule has 19 heavy (non-hydrogen) atoms. The van der Waals surface area contributed by atoms with Gasteiger partial charge in [0.05, 0.1) is 6.61 Å². The van der Waals surface area contributed by atoms with Crippen LogP contribution in [-0.2, 0) is 9.53 Å². The first-order valence-electron chi connectivity index (χ1n) is 7.49. The summed E-state index contributed by atoms with van der Waals surface area (Å²) >= 11 is 0. The Morgan fingerprint density at radius 1 is 1.32 bits per heavy atom. The maximum atomic E-state index is 11.6. The highest BCUT2D eigenvalue weighted by atomic mass is 16.5. The molecular formula is C15H28N2O2. The molecule has 1 saturated heterocycles. The Bertz CT molecular complexity index is 251. The molecule has 0 unspecified atom stereocenters. The molecule has 0 radical (unpaired) electrons. The summed E-state index contributed by atoms with van der Waals surface area (Å²) in [7, 11) is 0. The molecule has 0 spiro atoms. The van der Waals surface area contributed by atoms with Crippen molar-refractivity contribution in [2.45, 2.75) is 38.5 Å². The minimum absolute atomic E-state index is 0.115. The summed E-state index contributed by atoms with van der Waals surface area (Å²) in [6.07, 6.45) is 7.94. The standard InChI is InChI=1S/C15H28N2O2/c1-2-3-4-5-11-19-12-8-15(18)17-13-14-6-9-16-10-7-14/h2,14,16H,1,3-13H2,(H,17,18). The second kappa shape index (κ2) is 11.0. The zero-order chi connectivity index (χ0) is 13.8. The molecule has 0 aromatic heterocycles. The molecule has 110 valence electrons. The maximum absolute atomic E-state index is 11.6. The Morgan fingerprint density at radius 2 is 2.11 bits per heavy atom. The third-order valence-corrected chi connectivity index (χ3v) is 3.47. The number of ether oxygens (including phenoxy) is 1. The third-order valence-electron chi connectivity index (χ3n) is 3.47. The van der Waals surface area contributed by atoms with Gasteiger partial charge < -0.3 is 15.4 Å². The van der Waals surface area contributed by atoms with Gasteiger partial charge in [0.15, 0.2) is 0 Å². The van der Waals surface area contributed by atoms with Gasteiger partial charge in [0.2, 0.25) is 5.91 Å². The van der Waals surface area contributed by atoms with Gasteiger partial charge in [0.25, 0.3) is 0 Å². The molecule has 0 atom stereocenters. The van der Waals surface area contributed by atoms with Crippen molar-refractivity contribution in [2.75, 3.05) is 32.8 Å². The van der Waals surface area contributed by atoms with Gasteiger partial charge in [-0.3, -0.25) is 4.79 Å². The number of rotatable bonds is 10. The molecule has 0 bridgehead atoms. The Kier molecular flexibility index (Phi) is 9.37. The number of hydrogen-bond donors (Lipinski definition) is 2. The summed E-state index contributed by atoms with van der Waals surface area (Å²) in [6.45, 7) is 7.93. The smallest absolute Gasteiger partial charge is 0.222 e. The van der Waals surface area contributed by atoms with E-state index in [0.29, 0.717) is 18.9 Å². The second-order valence-electron chi connectivity index (χ2n) is 5.14. The van der Waals surface area contributed by atoms with Gasteiger partial charge in [-0.2, -0.15) is 0 Å². The van der Waals surface area contributed by atoms with Crippen LogP contribution in [-0.4, -0.2) is 38.8 Å². The Morgan fingerprint density at radius 3 is 2.84 bits per heavy atom. The fraction of sp³-hybridized carbons (Fsp3) is 0.800. The van der Waals surface area contributed by atoms with Gasteiger partial charge in [-0.1, -0.05) is 6.08 Å². The number of unbranched alkanes of at least 4 members (excludes halogenated alkanes) is 2. The van der Waals surface area contributed by atoms with E-state index in [2.05, 4.69) is 17.2 Å². The van der Waals surface area contributed by atoms with Crippen LogP contribution in [0.2, 0.25) is 0 Å². The summed E-state index contributed by atoms with van der Waals surface area (Å²) in [5.74, 6) is 0.759.